The van der Waals surface area contributed by atoms with Gasteiger partial charge in [-0.3, -0.25) is 14.5 Å². The number of hydrogen-bond acceptors (Lipinski definition) is 3. The molecule has 0 spiro atoms. The number of carbonyl (C=O) groups excluding carboxylic acids is 2. The molecule has 156 valence electrons. The molecule has 0 radical (unpaired) electrons. The van der Waals surface area contributed by atoms with Gasteiger partial charge in [-0.2, -0.15) is 0 Å². The summed E-state index contributed by atoms with van der Waals surface area (Å²) in [7, 11) is 0. The van der Waals surface area contributed by atoms with Crippen LogP contribution in [0.25, 0.3) is 5.57 Å². The molecule has 6 heteroatoms. The van der Waals surface area contributed by atoms with E-state index in [1.54, 1.807) is 30.3 Å². The van der Waals surface area contributed by atoms with Gasteiger partial charge in [-0.15, -0.1) is 0 Å². The monoisotopic (exact) mass is 450 g/mol. The minimum atomic E-state index is -0.350. The lowest BCUT2D eigenvalue weighted by Gasteiger charge is -2.25. The van der Waals surface area contributed by atoms with E-state index in [9.17, 15) is 9.59 Å². The van der Waals surface area contributed by atoms with E-state index in [0.29, 0.717) is 39.0 Å². The number of likely N-dealkylation sites (N-methyl/N-ethyl adjacent to an activating group) is 1. The molecular formula is C25H20Cl2N2O2. The number of imide groups is 1. The molecule has 0 N–H and O–H groups in total. The molecule has 2 amide bonds. The molecule has 1 aliphatic heterocycles. The van der Waals surface area contributed by atoms with Crippen molar-refractivity contribution in [1.82, 2.24) is 4.90 Å². The predicted octanol–water partition coefficient (Wildman–Crippen LogP) is 5.80. The SMILES string of the molecule is CCN(C1=C(c2ccc(Cl)cc2)C(=O)N(Cc2ccccc2Cl)C1=O)c1ccccc1. The van der Waals surface area contributed by atoms with Crippen LogP contribution in [0.3, 0.4) is 0 Å². The number of carbonyl (C=O) groups is 2. The molecule has 4 nitrogen and oxygen atoms in total. The van der Waals surface area contributed by atoms with Gasteiger partial charge in [-0.05, 0) is 48.4 Å². The van der Waals surface area contributed by atoms with Gasteiger partial charge < -0.3 is 4.90 Å². The van der Waals surface area contributed by atoms with E-state index in [-0.39, 0.29) is 18.4 Å². The number of rotatable bonds is 6. The third-order valence-electron chi connectivity index (χ3n) is 5.22. The topological polar surface area (TPSA) is 40.6 Å². The number of nitrogens with zero attached hydrogens (tertiary/aromatic N) is 2. The summed E-state index contributed by atoms with van der Waals surface area (Å²) in [6.45, 7) is 2.58. The van der Waals surface area contributed by atoms with E-state index in [1.807, 2.05) is 60.4 Å². The average molecular weight is 451 g/mol. The summed E-state index contributed by atoms with van der Waals surface area (Å²) in [5, 5.41) is 1.08. The van der Waals surface area contributed by atoms with Gasteiger partial charge in [0.1, 0.15) is 5.70 Å². The van der Waals surface area contributed by atoms with Crippen LogP contribution in [0.4, 0.5) is 5.69 Å². The van der Waals surface area contributed by atoms with Gasteiger partial charge in [-0.25, -0.2) is 0 Å². The van der Waals surface area contributed by atoms with Crippen LogP contribution in [0, 0.1) is 0 Å². The third kappa shape index (κ3) is 4.09. The lowest BCUT2D eigenvalue weighted by molar-refractivity contribution is -0.137. The summed E-state index contributed by atoms with van der Waals surface area (Å²) in [6.07, 6.45) is 0. The van der Waals surface area contributed by atoms with Gasteiger partial charge in [0.25, 0.3) is 11.8 Å². The van der Waals surface area contributed by atoms with E-state index in [1.165, 1.54) is 4.90 Å². The minimum Gasteiger partial charge on any atom is -0.337 e. The molecule has 0 unspecified atom stereocenters. The van der Waals surface area contributed by atoms with Crippen LogP contribution in [-0.2, 0) is 16.1 Å². The summed E-state index contributed by atoms with van der Waals surface area (Å²) in [4.78, 5) is 30.2. The van der Waals surface area contributed by atoms with Gasteiger partial charge in [0.15, 0.2) is 0 Å². The van der Waals surface area contributed by atoms with Crippen LogP contribution >= 0.6 is 23.2 Å². The molecule has 0 aliphatic carbocycles. The maximum absolute atomic E-state index is 13.6. The second kappa shape index (κ2) is 8.96. The maximum atomic E-state index is 13.6. The van der Waals surface area contributed by atoms with E-state index in [4.69, 9.17) is 23.2 Å². The van der Waals surface area contributed by atoms with Crippen molar-refractivity contribution in [3.8, 4) is 0 Å². The van der Waals surface area contributed by atoms with Crippen LogP contribution in [0.2, 0.25) is 10.0 Å². The Kier molecular flexibility index (Phi) is 6.12. The Bertz CT molecular complexity index is 1160. The molecule has 0 bridgehead atoms. The molecule has 0 fully saturated rings. The number of halogens is 2. The molecule has 3 aromatic carbocycles. The quantitative estimate of drug-likeness (QED) is 0.445. The molecule has 1 aliphatic rings. The number of para-hydroxylation sites is 1. The highest BCUT2D eigenvalue weighted by Gasteiger charge is 2.41. The first-order valence-electron chi connectivity index (χ1n) is 9.93. The summed E-state index contributed by atoms with van der Waals surface area (Å²) >= 11 is 12.4. The van der Waals surface area contributed by atoms with Crippen molar-refractivity contribution in [2.75, 3.05) is 11.4 Å². The zero-order chi connectivity index (χ0) is 22.0. The summed E-state index contributed by atoms with van der Waals surface area (Å²) in [5.41, 5.74) is 2.92. The Hall–Kier alpha value is -3.08. The largest absolute Gasteiger partial charge is 0.337 e. The molecule has 0 atom stereocenters. The van der Waals surface area contributed by atoms with Gasteiger partial charge in [0, 0.05) is 22.3 Å². The van der Waals surface area contributed by atoms with Crippen LogP contribution in [0.5, 0.6) is 0 Å². The first-order valence-corrected chi connectivity index (χ1v) is 10.7. The van der Waals surface area contributed by atoms with Crippen LogP contribution in [0.1, 0.15) is 18.1 Å². The number of benzene rings is 3. The van der Waals surface area contributed by atoms with Gasteiger partial charge in [0.05, 0.1) is 12.1 Å². The van der Waals surface area contributed by atoms with E-state index >= 15 is 0 Å². The molecular weight excluding hydrogens is 431 g/mol. The Morgan fingerprint density at radius 3 is 2.10 bits per heavy atom. The Labute approximate surface area is 191 Å². The Morgan fingerprint density at radius 2 is 1.45 bits per heavy atom. The van der Waals surface area contributed by atoms with Crippen molar-refractivity contribution < 1.29 is 9.59 Å². The zero-order valence-corrected chi connectivity index (χ0v) is 18.4. The minimum absolute atomic E-state index is 0.101. The van der Waals surface area contributed by atoms with Crippen LogP contribution in [0.15, 0.2) is 84.6 Å². The zero-order valence-electron chi connectivity index (χ0n) is 16.9. The average Bonchev–Trinajstić information content (AvgIpc) is 3.02. The van der Waals surface area contributed by atoms with E-state index < -0.39 is 0 Å². The predicted molar refractivity (Wildman–Crippen MR) is 125 cm³/mol. The van der Waals surface area contributed by atoms with E-state index in [0.717, 1.165) is 5.69 Å². The fraction of sp³-hybridized carbons (Fsp3) is 0.120. The number of anilines is 1. The van der Waals surface area contributed by atoms with Crippen molar-refractivity contribution in [2.45, 2.75) is 13.5 Å². The second-order valence-electron chi connectivity index (χ2n) is 7.10. The summed E-state index contributed by atoms with van der Waals surface area (Å²) < 4.78 is 0. The van der Waals surface area contributed by atoms with Crippen molar-refractivity contribution in [3.05, 3.63) is 106 Å². The summed E-state index contributed by atoms with van der Waals surface area (Å²) in [6, 6.07) is 23.7. The molecule has 0 aromatic heterocycles. The normalized spacial score (nSPS) is 13.8. The molecule has 0 saturated carbocycles. The smallest absolute Gasteiger partial charge is 0.278 e. The van der Waals surface area contributed by atoms with Crippen molar-refractivity contribution in [1.29, 1.82) is 0 Å². The van der Waals surface area contributed by atoms with Gasteiger partial charge in [-0.1, -0.05) is 71.7 Å². The second-order valence-corrected chi connectivity index (χ2v) is 7.94. The van der Waals surface area contributed by atoms with E-state index in [2.05, 4.69) is 0 Å². The molecule has 3 aromatic rings. The van der Waals surface area contributed by atoms with Crippen LogP contribution in [-0.4, -0.2) is 23.3 Å². The van der Waals surface area contributed by atoms with Crippen molar-refractivity contribution >= 4 is 46.3 Å². The number of amides is 2. The maximum Gasteiger partial charge on any atom is 0.278 e. The lowest BCUT2D eigenvalue weighted by atomic mass is 10.0. The first-order chi connectivity index (χ1) is 15.0. The van der Waals surface area contributed by atoms with Crippen molar-refractivity contribution in [2.24, 2.45) is 0 Å². The van der Waals surface area contributed by atoms with Crippen LogP contribution < -0.4 is 4.90 Å². The molecule has 4 rings (SSSR count). The fourth-order valence-electron chi connectivity index (χ4n) is 3.71. The lowest BCUT2D eigenvalue weighted by Crippen LogP contribution is -2.35. The summed E-state index contributed by atoms with van der Waals surface area (Å²) in [5.74, 6) is -0.697. The van der Waals surface area contributed by atoms with Gasteiger partial charge in [0.2, 0.25) is 0 Å². The van der Waals surface area contributed by atoms with Crippen molar-refractivity contribution in [3.63, 3.8) is 0 Å². The Balaban J connectivity index is 1.83. The highest BCUT2D eigenvalue weighted by molar-refractivity contribution is 6.37. The van der Waals surface area contributed by atoms with Gasteiger partial charge >= 0.3 is 0 Å². The first kappa shape index (κ1) is 21.2. The fourth-order valence-corrected chi connectivity index (χ4v) is 4.03. The molecule has 0 saturated heterocycles. The molecule has 31 heavy (non-hydrogen) atoms. The standard InChI is InChI=1S/C25H20Cl2N2O2/c1-2-28(20-9-4-3-5-10-20)23-22(17-12-14-19(26)15-13-17)24(30)29(25(23)31)16-18-8-6-7-11-21(18)27/h3-15H,2,16H2,1H3. The highest BCUT2D eigenvalue weighted by atomic mass is 35.5. The molecule has 1 heterocycles. The third-order valence-corrected chi connectivity index (χ3v) is 5.84. The number of hydrogen-bond donors (Lipinski definition) is 0. The highest BCUT2D eigenvalue weighted by Crippen LogP contribution is 2.35. The Morgan fingerprint density at radius 1 is 0.806 bits per heavy atom.